The van der Waals surface area contributed by atoms with Gasteiger partial charge in [0.25, 0.3) is 0 Å². The van der Waals surface area contributed by atoms with Gasteiger partial charge in [-0.05, 0) is 47.5 Å². The number of anilines is 2. The van der Waals surface area contributed by atoms with E-state index in [2.05, 4.69) is 82.6 Å². The van der Waals surface area contributed by atoms with E-state index in [9.17, 15) is 0 Å². The molecular formula is C28H32N2O2. The maximum absolute atomic E-state index is 5.67. The Balaban J connectivity index is 1.85. The minimum Gasteiger partial charge on any atom is -0.496 e. The van der Waals surface area contributed by atoms with E-state index in [1.54, 1.807) is 14.2 Å². The van der Waals surface area contributed by atoms with Gasteiger partial charge in [-0.15, -0.1) is 0 Å². The number of ether oxygens (including phenoxy) is 2. The first-order valence-electron chi connectivity index (χ1n) is 10.6. The number of benzene rings is 3. The van der Waals surface area contributed by atoms with Crippen molar-refractivity contribution in [2.24, 2.45) is 0 Å². The van der Waals surface area contributed by atoms with Gasteiger partial charge in [0.2, 0.25) is 0 Å². The Bertz CT molecular complexity index is 990. The van der Waals surface area contributed by atoms with Crippen molar-refractivity contribution in [3.8, 4) is 11.5 Å². The van der Waals surface area contributed by atoms with Crippen LogP contribution in [0.2, 0.25) is 0 Å². The van der Waals surface area contributed by atoms with Crippen molar-refractivity contribution in [1.29, 1.82) is 0 Å². The molecule has 166 valence electrons. The van der Waals surface area contributed by atoms with Crippen LogP contribution in [0.25, 0.3) is 24.3 Å². The van der Waals surface area contributed by atoms with Crippen LogP contribution in [0.3, 0.4) is 0 Å². The number of hydrogen-bond donors (Lipinski definition) is 0. The summed E-state index contributed by atoms with van der Waals surface area (Å²) < 4.78 is 11.3. The van der Waals surface area contributed by atoms with Crippen LogP contribution in [0.15, 0.2) is 60.7 Å². The van der Waals surface area contributed by atoms with E-state index in [0.29, 0.717) is 0 Å². The maximum Gasteiger partial charge on any atom is 0.126 e. The fourth-order valence-electron chi connectivity index (χ4n) is 3.34. The summed E-state index contributed by atoms with van der Waals surface area (Å²) in [6, 6.07) is 20.9. The molecule has 32 heavy (non-hydrogen) atoms. The zero-order chi connectivity index (χ0) is 23.1. The molecule has 0 heterocycles. The molecule has 3 aromatic rings. The highest BCUT2D eigenvalue weighted by Gasteiger charge is 2.08. The van der Waals surface area contributed by atoms with E-state index in [0.717, 1.165) is 33.8 Å². The van der Waals surface area contributed by atoms with Crippen LogP contribution in [0.5, 0.6) is 11.5 Å². The Morgan fingerprint density at radius 2 is 0.875 bits per heavy atom. The summed E-state index contributed by atoms with van der Waals surface area (Å²) in [6.45, 7) is 0. The van der Waals surface area contributed by atoms with Crippen LogP contribution in [0, 0.1) is 0 Å². The molecule has 3 aromatic carbocycles. The molecule has 0 N–H and O–H groups in total. The fraction of sp³-hybridized carbons (Fsp3) is 0.214. The standard InChI is InChI=1S/C28H32N2O2/c1-29(2)25-15-9-21(10-16-25)7-13-23-19-28(32-6)24(20-27(23)31-5)14-8-22-11-17-26(18-12-22)30(3)4/h7-20H,1-6H3. The highest BCUT2D eigenvalue weighted by molar-refractivity contribution is 5.79. The highest BCUT2D eigenvalue weighted by Crippen LogP contribution is 2.32. The van der Waals surface area contributed by atoms with E-state index in [4.69, 9.17) is 9.47 Å². The van der Waals surface area contributed by atoms with Crippen molar-refractivity contribution < 1.29 is 9.47 Å². The van der Waals surface area contributed by atoms with Crippen LogP contribution in [0.1, 0.15) is 22.3 Å². The molecule has 4 heteroatoms. The topological polar surface area (TPSA) is 24.9 Å². The van der Waals surface area contributed by atoms with Crippen molar-refractivity contribution in [3.63, 3.8) is 0 Å². The quantitative estimate of drug-likeness (QED) is 0.400. The first-order chi connectivity index (χ1) is 15.4. The molecule has 0 fully saturated rings. The number of rotatable bonds is 8. The first-order valence-corrected chi connectivity index (χ1v) is 10.6. The third-order valence-corrected chi connectivity index (χ3v) is 5.31. The second-order valence-electron chi connectivity index (χ2n) is 7.97. The van der Waals surface area contributed by atoms with E-state index in [1.165, 1.54) is 11.4 Å². The van der Waals surface area contributed by atoms with E-state index >= 15 is 0 Å². The molecule has 0 radical (unpaired) electrons. The number of methoxy groups -OCH3 is 2. The molecule has 0 unspecified atom stereocenters. The molecule has 0 saturated heterocycles. The Morgan fingerprint density at radius 1 is 0.531 bits per heavy atom. The molecule has 0 aromatic heterocycles. The van der Waals surface area contributed by atoms with Crippen LogP contribution < -0.4 is 19.3 Å². The van der Waals surface area contributed by atoms with Crippen LogP contribution >= 0.6 is 0 Å². The molecule has 0 aliphatic rings. The molecule has 0 bridgehead atoms. The SMILES string of the molecule is COc1cc(C=Cc2ccc(N(C)C)cc2)c(OC)cc1C=Cc1ccc(N(C)C)cc1. The Hall–Kier alpha value is -3.66. The van der Waals surface area contributed by atoms with Gasteiger partial charge < -0.3 is 19.3 Å². The summed E-state index contributed by atoms with van der Waals surface area (Å²) >= 11 is 0. The first kappa shape index (κ1) is 23.0. The van der Waals surface area contributed by atoms with Crippen LogP contribution in [-0.4, -0.2) is 42.4 Å². The van der Waals surface area contributed by atoms with Gasteiger partial charge >= 0.3 is 0 Å². The summed E-state index contributed by atoms with van der Waals surface area (Å²) in [5.74, 6) is 1.60. The summed E-state index contributed by atoms with van der Waals surface area (Å²) in [6.07, 6.45) is 8.27. The van der Waals surface area contributed by atoms with Crippen LogP contribution in [0.4, 0.5) is 11.4 Å². The van der Waals surface area contributed by atoms with Gasteiger partial charge in [0, 0.05) is 50.7 Å². The van der Waals surface area contributed by atoms with Gasteiger partial charge in [0.15, 0.2) is 0 Å². The average Bonchev–Trinajstić information content (AvgIpc) is 2.81. The summed E-state index contributed by atoms with van der Waals surface area (Å²) in [5.41, 5.74) is 6.54. The second-order valence-corrected chi connectivity index (χ2v) is 7.97. The molecule has 0 spiro atoms. The van der Waals surface area contributed by atoms with Gasteiger partial charge in [-0.25, -0.2) is 0 Å². The van der Waals surface area contributed by atoms with Gasteiger partial charge in [0.1, 0.15) is 11.5 Å². The molecule has 0 aliphatic heterocycles. The third-order valence-electron chi connectivity index (χ3n) is 5.31. The third kappa shape index (κ3) is 5.73. The second kappa shape index (κ2) is 10.6. The number of hydrogen-bond acceptors (Lipinski definition) is 4. The van der Waals surface area contributed by atoms with E-state index in [-0.39, 0.29) is 0 Å². The lowest BCUT2D eigenvalue weighted by atomic mass is 10.0. The molecule has 4 nitrogen and oxygen atoms in total. The largest absolute Gasteiger partial charge is 0.496 e. The minimum absolute atomic E-state index is 0.801. The van der Waals surface area contributed by atoms with Crippen molar-refractivity contribution in [2.75, 3.05) is 52.2 Å². The Morgan fingerprint density at radius 3 is 1.16 bits per heavy atom. The Kier molecular flexibility index (Phi) is 7.61. The van der Waals surface area contributed by atoms with Gasteiger partial charge in [0.05, 0.1) is 14.2 Å². The predicted octanol–water partition coefficient (Wildman–Crippen LogP) is 6.18. The zero-order valence-electron chi connectivity index (χ0n) is 19.8. The molecule has 0 saturated carbocycles. The summed E-state index contributed by atoms with van der Waals surface area (Å²) in [5, 5.41) is 0. The highest BCUT2D eigenvalue weighted by atomic mass is 16.5. The molecule has 0 aliphatic carbocycles. The minimum atomic E-state index is 0.801. The summed E-state index contributed by atoms with van der Waals surface area (Å²) in [7, 11) is 11.5. The molecule has 3 rings (SSSR count). The lowest BCUT2D eigenvalue weighted by Gasteiger charge is -2.13. The monoisotopic (exact) mass is 428 g/mol. The van der Waals surface area contributed by atoms with Crippen molar-refractivity contribution in [1.82, 2.24) is 0 Å². The normalized spacial score (nSPS) is 11.2. The van der Waals surface area contributed by atoms with Crippen LogP contribution in [-0.2, 0) is 0 Å². The van der Waals surface area contributed by atoms with Crippen molar-refractivity contribution >= 4 is 35.7 Å². The van der Waals surface area contributed by atoms with Crippen molar-refractivity contribution in [3.05, 3.63) is 82.9 Å². The molecular weight excluding hydrogens is 396 g/mol. The van der Waals surface area contributed by atoms with E-state index in [1.807, 2.05) is 40.3 Å². The maximum atomic E-state index is 5.67. The lowest BCUT2D eigenvalue weighted by Crippen LogP contribution is -2.07. The molecule has 0 amide bonds. The lowest BCUT2D eigenvalue weighted by molar-refractivity contribution is 0.401. The molecule has 0 atom stereocenters. The van der Waals surface area contributed by atoms with Crippen molar-refractivity contribution in [2.45, 2.75) is 0 Å². The smallest absolute Gasteiger partial charge is 0.126 e. The number of nitrogens with zero attached hydrogens (tertiary/aromatic N) is 2. The predicted molar refractivity (Wildman–Crippen MR) is 139 cm³/mol. The zero-order valence-corrected chi connectivity index (χ0v) is 19.8. The van der Waals surface area contributed by atoms with Gasteiger partial charge in [-0.3, -0.25) is 0 Å². The van der Waals surface area contributed by atoms with E-state index < -0.39 is 0 Å². The average molecular weight is 429 g/mol. The fourth-order valence-corrected chi connectivity index (χ4v) is 3.34. The van der Waals surface area contributed by atoms with Gasteiger partial charge in [-0.1, -0.05) is 48.6 Å². The van der Waals surface area contributed by atoms with Gasteiger partial charge in [-0.2, -0.15) is 0 Å². The summed E-state index contributed by atoms with van der Waals surface area (Å²) in [4.78, 5) is 4.18. The Labute approximate surface area is 192 Å².